The van der Waals surface area contributed by atoms with Gasteiger partial charge in [0.15, 0.2) is 6.10 Å². The lowest BCUT2D eigenvalue weighted by Crippen LogP contribution is -2.37. The van der Waals surface area contributed by atoms with Crippen LogP contribution in [0.4, 0.5) is 0 Å². The fourth-order valence-electron chi connectivity index (χ4n) is 8.15. The molecule has 0 saturated heterocycles. The Bertz CT molecular complexity index is 1650. The minimum absolute atomic E-state index is 0.0256. The molecule has 1 N–H and O–H groups in total. The molecule has 0 amide bonds. The van der Waals surface area contributed by atoms with Crippen molar-refractivity contribution in [3.63, 3.8) is 0 Å². The van der Waals surface area contributed by atoms with Gasteiger partial charge in [0, 0.05) is 12.8 Å². The molecule has 0 aliphatic carbocycles. The molecule has 9 nitrogen and oxygen atoms in total. The second-order valence-electron chi connectivity index (χ2n) is 21.3. The number of phosphoric acid groups is 1. The van der Waals surface area contributed by atoms with E-state index in [0.29, 0.717) is 17.4 Å². The first-order valence-corrected chi connectivity index (χ1v) is 32.1. The van der Waals surface area contributed by atoms with Gasteiger partial charge in [0.05, 0.1) is 27.7 Å². The first-order chi connectivity index (χ1) is 37.0. The smallest absolute Gasteiger partial charge is 0.462 e. The number of allylic oxidation sites excluding steroid dienone is 18. The predicted molar refractivity (Wildman–Crippen MR) is 325 cm³/mol. The van der Waals surface area contributed by atoms with Gasteiger partial charge in [-0.15, -0.1) is 0 Å². The highest BCUT2D eigenvalue weighted by Crippen LogP contribution is 2.43. The quantitative estimate of drug-likeness (QED) is 0.0211. The monoisotopic (exact) mass is 1080 g/mol. The summed E-state index contributed by atoms with van der Waals surface area (Å²) in [5, 5.41) is 0. The predicted octanol–water partition coefficient (Wildman–Crippen LogP) is 19.4. The van der Waals surface area contributed by atoms with Gasteiger partial charge in [-0.25, -0.2) is 4.57 Å². The number of quaternary nitrogens is 1. The van der Waals surface area contributed by atoms with Crippen molar-refractivity contribution in [3.8, 4) is 0 Å². The van der Waals surface area contributed by atoms with Gasteiger partial charge in [-0.3, -0.25) is 18.6 Å². The maximum absolute atomic E-state index is 12.8. The highest BCUT2D eigenvalue weighted by molar-refractivity contribution is 7.47. The summed E-state index contributed by atoms with van der Waals surface area (Å²) < 4.78 is 34.6. The van der Waals surface area contributed by atoms with Crippen molar-refractivity contribution in [2.24, 2.45) is 0 Å². The molecule has 0 aromatic heterocycles. The van der Waals surface area contributed by atoms with E-state index in [1.807, 2.05) is 21.1 Å². The van der Waals surface area contributed by atoms with Gasteiger partial charge in [0.2, 0.25) is 0 Å². The molecule has 2 unspecified atom stereocenters. The van der Waals surface area contributed by atoms with Gasteiger partial charge in [-0.05, 0) is 96.3 Å². The second kappa shape index (κ2) is 56.4. The van der Waals surface area contributed by atoms with Crippen LogP contribution >= 0.6 is 7.82 Å². The third-order valence-electron chi connectivity index (χ3n) is 12.8. The van der Waals surface area contributed by atoms with Crippen molar-refractivity contribution >= 4 is 19.8 Å². The second-order valence-corrected chi connectivity index (χ2v) is 22.8. The Kier molecular flexibility index (Phi) is 53.9. The van der Waals surface area contributed by atoms with Crippen LogP contribution in [0.15, 0.2) is 109 Å². The van der Waals surface area contributed by atoms with Crippen LogP contribution in [0, 0.1) is 0 Å². The van der Waals surface area contributed by atoms with E-state index < -0.39 is 26.5 Å². The minimum Gasteiger partial charge on any atom is -0.462 e. The molecule has 0 rings (SSSR count). The average Bonchev–Trinajstić information content (AvgIpc) is 3.38. The Morgan fingerprint density at radius 2 is 0.711 bits per heavy atom. The maximum Gasteiger partial charge on any atom is 0.472 e. The zero-order valence-corrected chi connectivity index (χ0v) is 50.3. The lowest BCUT2D eigenvalue weighted by molar-refractivity contribution is -0.870. The van der Waals surface area contributed by atoms with E-state index in [-0.39, 0.29) is 32.0 Å². The van der Waals surface area contributed by atoms with Crippen LogP contribution in [0.3, 0.4) is 0 Å². The molecule has 436 valence electrons. The molecule has 0 aliphatic heterocycles. The van der Waals surface area contributed by atoms with Crippen molar-refractivity contribution < 1.29 is 42.1 Å². The van der Waals surface area contributed by atoms with Crippen molar-refractivity contribution in [1.29, 1.82) is 0 Å². The molecular formula is C66H115NO8P+. The number of hydrogen-bond donors (Lipinski definition) is 1. The Balaban J connectivity index is 4.15. The van der Waals surface area contributed by atoms with Crippen molar-refractivity contribution in [3.05, 3.63) is 109 Å². The Hall–Kier alpha value is -3.33. The van der Waals surface area contributed by atoms with Crippen LogP contribution in [0.2, 0.25) is 0 Å². The summed E-state index contributed by atoms with van der Waals surface area (Å²) in [6, 6.07) is 0. The van der Waals surface area contributed by atoms with Crippen LogP contribution in [0.5, 0.6) is 0 Å². The fraction of sp³-hybridized carbons (Fsp3) is 0.697. The van der Waals surface area contributed by atoms with Crippen molar-refractivity contribution in [1.82, 2.24) is 0 Å². The maximum atomic E-state index is 12.8. The number of nitrogens with zero attached hydrogens (tertiary/aromatic N) is 1. The lowest BCUT2D eigenvalue weighted by Gasteiger charge is -2.24. The summed E-state index contributed by atoms with van der Waals surface area (Å²) in [5.74, 6) is -0.806. The summed E-state index contributed by atoms with van der Waals surface area (Å²) in [6.07, 6.45) is 78.7. The molecule has 2 atom stereocenters. The fourth-order valence-corrected chi connectivity index (χ4v) is 8.89. The Morgan fingerprint density at radius 3 is 1.05 bits per heavy atom. The van der Waals surface area contributed by atoms with E-state index in [9.17, 15) is 19.0 Å². The van der Waals surface area contributed by atoms with Gasteiger partial charge in [-0.1, -0.05) is 245 Å². The number of hydrogen-bond acceptors (Lipinski definition) is 7. The van der Waals surface area contributed by atoms with E-state index in [4.69, 9.17) is 18.5 Å². The lowest BCUT2D eigenvalue weighted by atomic mass is 10.0. The number of phosphoric ester groups is 1. The Morgan fingerprint density at radius 1 is 0.408 bits per heavy atom. The van der Waals surface area contributed by atoms with Crippen LogP contribution < -0.4 is 0 Å². The van der Waals surface area contributed by atoms with Gasteiger partial charge in [0.1, 0.15) is 19.8 Å². The van der Waals surface area contributed by atoms with Crippen molar-refractivity contribution in [2.75, 3.05) is 47.5 Å². The molecule has 0 saturated carbocycles. The first kappa shape index (κ1) is 72.7. The topological polar surface area (TPSA) is 108 Å². The van der Waals surface area contributed by atoms with Gasteiger partial charge < -0.3 is 18.9 Å². The van der Waals surface area contributed by atoms with E-state index in [0.717, 1.165) is 103 Å². The van der Waals surface area contributed by atoms with Crippen LogP contribution in [-0.4, -0.2) is 74.9 Å². The molecule has 76 heavy (non-hydrogen) atoms. The highest BCUT2D eigenvalue weighted by atomic mass is 31.2. The largest absolute Gasteiger partial charge is 0.472 e. The van der Waals surface area contributed by atoms with Gasteiger partial charge in [-0.2, -0.15) is 0 Å². The van der Waals surface area contributed by atoms with Crippen LogP contribution in [0.1, 0.15) is 245 Å². The number of carbonyl (C=O) groups is 2. The standard InChI is InChI=1S/C66H114NO8P/c1-6-8-10-12-14-16-18-20-22-24-26-28-30-32-33-35-36-38-40-42-44-46-48-50-52-54-56-58-65(68)72-62-64(63-74-76(70,71)73-61-60-67(3,4)5)75-66(69)59-57-55-53-51-49-47-45-43-41-39-37-34-31-29-27-25-23-21-19-17-15-13-11-9-7-2/h8-11,14-17,20-23,26-29,34,37,64H,6-7,12-13,18-19,24-25,30-33,35-36,38-63H2,1-5H3/p+1/b10-8-,11-9-,16-14-,17-15-,22-20-,23-21-,28-26-,29-27-,37-34-. The molecule has 0 aliphatic rings. The Labute approximate surface area is 467 Å². The minimum atomic E-state index is -4.40. The molecule has 0 aromatic carbocycles. The third-order valence-corrected chi connectivity index (χ3v) is 13.8. The van der Waals surface area contributed by atoms with Crippen LogP contribution in [-0.2, 0) is 32.7 Å². The third kappa shape index (κ3) is 59.9. The van der Waals surface area contributed by atoms with E-state index in [1.54, 1.807) is 0 Å². The van der Waals surface area contributed by atoms with Gasteiger partial charge >= 0.3 is 19.8 Å². The molecule has 0 aromatic rings. The summed E-state index contributed by atoms with van der Waals surface area (Å²) in [7, 11) is 1.46. The zero-order valence-electron chi connectivity index (χ0n) is 49.5. The number of carbonyl (C=O) groups excluding carboxylic acids is 2. The van der Waals surface area contributed by atoms with Gasteiger partial charge in [0.25, 0.3) is 0 Å². The number of esters is 2. The number of ether oxygens (including phenoxy) is 2. The molecular weight excluding hydrogens is 966 g/mol. The number of unbranched alkanes of at least 4 members (excludes halogenated alkanes) is 23. The summed E-state index contributed by atoms with van der Waals surface area (Å²) >= 11 is 0. The summed E-state index contributed by atoms with van der Waals surface area (Å²) in [6.45, 7) is 4.21. The normalized spacial score (nSPS) is 14.0. The number of rotatable bonds is 55. The zero-order chi connectivity index (χ0) is 55.6. The average molecular weight is 1080 g/mol. The summed E-state index contributed by atoms with van der Waals surface area (Å²) in [4.78, 5) is 35.8. The molecule has 0 spiro atoms. The molecule has 0 fully saturated rings. The molecule has 0 heterocycles. The first-order valence-electron chi connectivity index (χ1n) is 30.6. The molecule has 0 bridgehead atoms. The molecule has 10 heteroatoms. The SMILES string of the molecule is CC/C=C\C/C=C\C/C=C\C/C=C\C/C=C\CCCCCCCCCCCC(=O)OC(COC(=O)CCCCCCCCCCCCCCCC/C=C\C/C=C\C/C=C\C/C=C\CC)COP(=O)(O)OCC[N+](C)(C)C. The molecule has 0 radical (unpaired) electrons. The van der Waals surface area contributed by atoms with E-state index in [2.05, 4.69) is 123 Å². The van der Waals surface area contributed by atoms with E-state index >= 15 is 0 Å². The summed E-state index contributed by atoms with van der Waals surface area (Å²) in [5.41, 5.74) is 0. The van der Waals surface area contributed by atoms with Crippen molar-refractivity contribution in [2.45, 2.75) is 251 Å². The highest BCUT2D eigenvalue weighted by Gasteiger charge is 2.27. The number of likely N-dealkylation sites (N-methyl/N-ethyl adjacent to an activating group) is 1. The van der Waals surface area contributed by atoms with Crippen LogP contribution in [0.25, 0.3) is 0 Å². The van der Waals surface area contributed by atoms with E-state index in [1.165, 1.54) is 109 Å².